The van der Waals surface area contributed by atoms with E-state index in [1.807, 2.05) is 6.92 Å². The van der Waals surface area contributed by atoms with Crippen molar-refractivity contribution >= 4 is 17.5 Å². The molecule has 1 N–H and O–H groups in total. The fourth-order valence-electron chi connectivity index (χ4n) is 1.12. The van der Waals surface area contributed by atoms with Crippen LogP contribution in [0.1, 0.15) is 30.6 Å². The van der Waals surface area contributed by atoms with E-state index in [1.54, 1.807) is 31.2 Å². The number of nitrogens with one attached hydrogen (secondary N) is 1. The van der Waals surface area contributed by atoms with E-state index in [2.05, 4.69) is 11.4 Å². The van der Waals surface area contributed by atoms with E-state index in [4.69, 9.17) is 16.9 Å². The molecule has 0 radical (unpaired) electrons. The molecule has 0 heterocycles. The van der Waals surface area contributed by atoms with Gasteiger partial charge in [0.25, 0.3) is 5.91 Å². The third kappa shape index (κ3) is 2.98. The number of amides is 1. The van der Waals surface area contributed by atoms with Gasteiger partial charge in [-0.15, -0.1) is 0 Å². The van der Waals surface area contributed by atoms with Gasteiger partial charge in [0.05, 0.1) is 6.07 Å². The predicted molar refractivity (Wildman–Crippen MR) is 63.2 cm³/mol. The average molecular weight is 237 g/mol. The maximum absolute atomic E-state index is 11.8. The van der Waals surface area contributed by atoms with Gasteiger partial charge in [0.15, 0.2) is 0 Å². The van der Waals surface area contributed by atoms with Crippen LogP contribution in [0, 0.1) is 11.3 Å². The van der Waals surface area contributed by atoms with Crippen LogP contribution < -0.4 is 5.32 Å². The molecule has 0 aliphatic rings. The van der Waals surface area contributed by atoms with Crippen LogP contribution >= 0.6 is 11.6 Å². The van der Waals surface area contributed by atoms with E-state index in [0.717, 1.165) is 0 Å². The Balaban J connectivity index is 2.81. The van der Waals surface area contributed by atoms with Gasteiger partial charge >= 0.3 is 0 Å². The Bertz CT molecular complexity index is 422. The monoisotopic (exact) mass is 236 g/mol. The SMILES string of the molecule is CC[C@](C)(C#N)NC(=O)c1ccc(Cl)cc1. The number of nitriles is 1. The molecule has 0 unspecified atom stereocenters. The number of rotatable bonds is 3. The molecule has 0 aromatic heterocycles. The third-order valence-corrected chi connectivity index (χ3v) is 2.70. The number of hydrogen-bond donors (Lipinski definition) is 1. The van der Waals surface area contributed by atoms with Gasteiger partial charge in [0.2, 0.25) is 0 Å². The zero-order chi connectivity index (χ0) is 12.2. The topological polar surface area (TPSA) is 52.9 Å². The van der Waals surface area contributed by atoms with Crippen LogP contribution in [0.3, 0.4) is 0 Å². The van der Waals surface area contributed by atoms with Gasteiger partial charge < -0.3 is 5.32 Å². The summed E-state index contributed by atoms with van der Waals surface area (Å²) < 4.78 is 0. The van der Waals surface area contributed by atoms with Crippen LogP contribution in [0.4, 0.5) is 0 Å². The summed E-state index contributed by atoms with van der Waals surface area (Å²) in [6.45, 7) is 3.55. The van der Waals surface area contributed by atoms with Gasteiger partial charge in [-0.05, 0) is 37.6 Å². The number of benzene rings is 1. The maximum Gasteiger partial charge on any atom is 0.252 e. The van der Waals surface area contributed by atoms with Crippen LogP contribution in [0.5, 0.6) is 0 Å². The lowest BCUT2D eigenvalue weighted by molar-refractivity contribution is 0.0923. The lowest BCUT2D eigenvalue weighted by Crippen LogP contribution is -2.44. The molecule has 3 nitrogen and oxygen atoms in total. The third-order valence-electron chi connectivity index (χ3n) is 2.45. The molecule has 84 valence electrons. The number of carbonyl (C=O) groups excluding carboxylic acids is 1. The number of hydrogen-bond acceptors (Lipinski definition) is 2. The Hall–Kier alpha value is -1.53. The Morgan fingerprint density at radius 3 is 2.50 bits per heavy atom. The smallest absolute Gasteiger partial charge is 0.252 e. The molecule has 16 heavy (non-hydrogen) atoms. The van der Waals surface area contributed by atoms with Gasteiger partial charge in [-0.1, -0.05) is 18.5 Å². The summed E-state index contributed by atoms with van der Waals surface area (Å²) in [6.07, 6.45) is 0.558. The van der Waals surface area contributed by atoms with Crippen molar-refractivity contribution in [3.8, 4) is 6.07 Å². The van der Waals surface area contributed by atoms with E-state index in [1.165, 1.54) is 0 Å². The average Bonchev–Trinajstić information content (AvgIpc) is 2.29. The van der Waals surface area contributed by atoms with Gasteiger partial charge in [-0.3, -0.25) is 4.79 Å². The molecule has 1 aromatic rings. The highest BCUT2D eigenvalue weighted by molar-refractivity contribution is 6.30. The molecule has 1 atom stereocenters. The van der Waals surface area contributed by atoms with Crippen molar-refractivity contribution < 1.29 is 4.79 Å². The van der Waals surface area contributed by atoms with Crippen molar-refractivity contribution in [1.82, 2.24) is 5.32 Å². The lowest BCUT2D eigenvalue weighted by Gasteiger charge is -2.21. The quantitative estimate of drug-likeness (QED) is 0.877. The van der Waals surface area contributed by atoms with Crippen molar-refractivity contribution in [1.29, 1.82) is 5.26 Å². The minimum atomic E-state index is -0.823. The Kier molecular flexibility index (Phi) is 3.92. The number of carbonyl (C=O) groups is 1. The second-order valence-electron chi connectivity index (χ2n) is 3.76. The van der Waals surface area contributed by atoms with Gasteiger partial charge in [-0.25, -0.2) is 0 Å². The van der Waals surface area contributed by atoms with E-state index in [0.29, 0.717) is 17.0 Å². The minimum Gasteiger partial charge on any atom is -0.334 e. The summed E-state index contributed by atoms with van der Waals surface area (Å²) in [5.74, 6) is -0.262. The van der Waals surface area contributed by atoms with Crippen molar-refractivity contribution in [2.45, 2.75) is 25.8 Å². The van der Waals surface area contributed by atoms with Gasteiger partial charge in [0.1, 0.15) is 5.54 Å². The normalized spacial score (nSPS) is 13.6. The van der Waals surface area contributed by atoms with Crippen molar-refractivity contribution in [3.05, 3.63) is 34.9 Å². The molecule has 0 aliphatic carbocycles. The van der Waals surface area contributed by atoms with Crippen LogP contribution in [-0.4, -0.2) is 11.4 Å². The minimum absolute atomic E-state index is 0.262. The van der Waals surface area contributed by atoms with E-state index >= 15 is 0 Å². The summed E-state index contributed by atoms with van der Waals surface area (Å²) in [4.78, 5) is 11.8. The number of halogens is 1. The predicted octanol–water partition coefficient (Wildman–Crippen LogP) is 2.76. The Labute approximate surface area is 100 Å². The molecule has 0 spiro atoms. The summed E-state index contributed by atoms with van der Waals surface area (Å²) in [5.41, 5.74) is -0.323. The highest BCUT2D eigenvalue weighted by atomic mass is 35.5. The fraction of sp³-hybridized carbons (Fsp3) is 0.333. The fourth-order valence-corrected chi connectivity index (χ4v) is 1.25. The molecular weight excluding hydrogens is 224 g/mol. The van der Waals surface area contributed by atoms with Crippen LogP contribution in [-0.2, 0) is 0 Å². The second kappa shape index (κ2) is 5.00. The summed E-state index contributed by atoms with van der Waals surface area (Å²) in [5, 5.41) is 12.2. The summed E-state index contributed by atoms with van der Waals surface area (Å²) in [6, 6.07) is 8.63. The van der Waals surface area contributed by atoms with Crippen molar-refractivity contribution in [2.75, 3.05) is 0 Å². The summed E-state index contributed by atoms with van der Waals surface area (Å²) in [7, 11) is 0. The molecule has 4 heteroatoms. The Morgan fingerprint density at radius 1 is 1.50 bits per heavy atom. The molecule has 1 amide bonds. The highest BCUT2D eigenvalue weighted by Crippen LogP contribution is 2.12. The number of nitrogens with zero attached hydrogens (tertiary/aromatic N) is 1. The molecule has 0 fully saturated rings. The first-order chi connectivity index (χ1) is 7.50. The van der Waals surface area contributed by atoms with Crippen molar-refractivity contribution in [3.63, 3.8) is 0 Å². The summed E-state index contributed by atoms with van der Waals surface area (Å²) >= 11 is 5.72. The zero-order valence-electron chi connectivity index (χ0n) is 9.25. The lowest BCUT2D eigenvalue weighted by atomic mass is 10.0. The van der Waals surface area contributed by atoms with E-state index in [9.17, 15) is 4.79 Å². The molecule has 0 aliphatic heterocycles. The standard InChI is InChI=1S/C12H13ClN2O/c1-3-12(2,8-14)15-11(16)9-4-6-10(13)7-5-9/h4-7H,3H2,1-2H3,(H,15,16)/t12-/m1/s1. The van der Waals surface area contributed by atoms with Gasteiger partial charge in [0, 0.05) is 10.6 Å². The van der Waals surface area contributed by atoms with Crippen molar-refractivity contribution in [2.24, 2.45) is 0 Å². The van der Waals surface area contributed by atoms with Gasteiger partial charge in [-0.2, -0.15) is 5.26 Å². The molecule has 1 aromatic carbocycles. The largest absolute Gasteiger partial charge is 0.334 e. The van der Waals surface area contributed by atoms with E-state index < -0.39 is 5.54 Å². The molecule has 1 rings (SSSR count). The first-order valence-electron chi connectivity index (χ1n) is 5.00. The Morgan fingerprint density at radius 2 is 2.06 bits per heavy atom. The van der Waals surface area contributed by atoms with Crippen LogP contribution in [0.25, 0.3) is 0 Å². The maximum atomic E-state index is 11.8. The van der Waals surface area contributed by atoms with Crippen LogP contribution in [0.15, 0.2) is 24.3 Å². The molecule has 0 bridgehead atoms. The van der Waals surface area contributed by atoms with E-state index in [-0.39, 0.29) is 5.91 Å². The first-order valence-corrected chi connectivity index (χ1v) is 5.38. The van der Waals surface area contributed by atoms with Crippen LogP contribution in [0.2, 0.25) is 5.02 Å². The first kappa shape index (κ1) is 12.5. The highest BCUT2D eigenvalue weighted by Gasteiger charge is 2.23. The molecular formula is C12H13ClN2O. The second-order valence-corrected chi connectivity index (χ2v) is 4.19. The molecule has 0 saturated heterocycles. The zero-order valence-corrected chi connectivity index (χ0v) is 10.0. The molecule has 0 saturated carbocycles.